The summed E-state index contributed by atoms with van der Waals surface area (Å²) in [5, 5.41) is 3.39. The molecule has 4 nitrogen and oxygen atoms in total. The van der Waals surface area contributed by atoms with Crippen molar-refractivity contribution in [1.29, 1.82) is 0 Å². The highest BCUT2D eigenvalue weighted by molar-refractivity contribution is 6.75. The molecule has 0 spiro atoms. The Kier molecular flexibility index (Phi) is 8.38. The van der Waals surface area contributed by atoms with E-state index in [1.54, 1.807) is 7.11 Å². The van der Waals surface area contributed by atoms with Gasteiger partial charge in [0.2, 0.25) is 0 Å². The lowest BCUT2D eigenvalue weighted by atomic mass is 10.2. The molecule has 1 N–H and O–H groups in total. The highest BCUT2D eigenvalue weighted by Gasteiger charge is 2.40. The molecule has 0 saturated carbocycles. The van der Waals surface area contributed by atoms with Crippen molar-refractivity contribution in [3.05, 3.63) is 0 Å². The molecule has 0 fully saturated rings. The maximum atomic E-state index is 11.9. The summed E-state index contributed by atoms with van der Waals surface area (Å²) in [6, 6.07) is 1.14. The van der Waals surface area contributed by atoms with Crippen molar-refractivity contribution >= 4 is 22.6 Å². The van der Waals surface area contributed by atoms with Crippen LogP contribution < -0.4 is 5.32 Å². The highest BCUT2D eigenvalue weighted by atomic mass is 28.4. The van der Waals surface area contributed by atoms with Gasteiger partial charge in [0.1, 0.15) is 0 Å². The van der Waals surface area contributed by atoms with Crippen molar-refractivity contribution in [3.63, 3.8) is 0 Å². The zero-order chi connectivity index (χ0) is 16.7. The van der Waals surface area contributed by atoms with Gasteiger partial charge in [0.05, 0.1) is 6.42 Å². The fraction of sp³-hybridized carbons (Fsp3) is 0.933. The van der Waals surface area contributed by atoms with Crippen LogP contribution in [0.2, 0.25) is 37.3 Å². The van der Waals surface area contributed by atoms with E-state index in [-0.39, 0.29) is 11.0 Å². The summed E-state index contributed by atoms with van der Waals surface area (Å²) < 4.78 is 11.2. The molecule has 0 aromatic carbocycles. The molecule has 0 aromatic heterocycles. The zero-order valence-electron chi connectivity index (χ0n) is 15.3. The van der Waals surface area contributed by atoms with Crippen LogP contribution in [-0.2, 0) is 13.6 Å². The fourth-order valence-corrected chi connectivity index (χ4v) is 3.76. The average molecular weight is 334 g/mol. The van der Waals surface area contributed by atoms with E-state index in [9.17, 15) is 4.79 Å². The van der Waals surface area contributed by atoms with Crippen molar-refractivity contribution in [3.8, 4) is 0 Å². The van der Waals surface area contributed by atoms with Gasteiger partial charge < -0.3 is 14.2 Å². The quantitative estimate of drug-likeness (QED) is 0.515. The Bertz CT molecular complexity index is 325. The maximum Gasteiger partial charge on any atom is 0.293 e. The zero-order valence-corrected chi connectivity index (χ0v) is 17.3. The Morgan fingerprint density at radius 3 is 2.14 bits per heavy atom. The van der Waals surface area contributed by atoms with E-state index < -0.39 is 16.6 Å². The van der Waals surface area contributed by atoms with Gasteiger partial charge in [-0.1, -0.05) is 20.8 Å². The third kappa shape index (κ3) is 8.75. The van der Waals surface area contributed by atoms with E-state index in [0.29, 0.717) is 13.0 Å². The van der Waals surface area contributed by atoms with E-state index in [0.717, 1.165) is 19.0 Å². The molecule has 0 radical (unpaired) electrons. The van der Waals surface area contributed by atoms with Gasteiger partial charge in [-0.3, -0.25) is 4.79 Å². The fourth-order valence-electron chi connectivity index (χ4n) is 1.55. The molecule has 0 amide bonds. The molecule has 6 heteroatoms. The second kappa shape index (κ2) is 8.45. The van der Waals surface area contributed by atoms with Gasteiger partial charge in [-0.05, 0) is 50.2 Å². The topological polar surface area (TPSA) is 47.6 Å². The molecule has 21 heavy (non-hydrogen) atoms. The largest absolute Gasteiger partial charge is 0.519 e. The SMILES string of the molecule is CO[Si](C)(C)CCCNCCC(=O)O[Si](C)(C)C(C)(C)C. The monoisotopic (exact) mass is 333 g/mol. The molecule has 0 heterocycles. The van der Waals surface area contributed by atoms with Crippen LogP contribution in [0, 0.1) is 0 Å². The minimum Gasteiger partial charge on any atom is -0.519 e. The lowest BCUT2D eigenvalue weighted by molar-refractivity contribution is -0.135. The summed E-state index contributed by atoms with van der Waals surface area (Å²) >= 11 is 0. The minimum atomic E-state index is -1.96. The molecule has 0 saturated heterocycles. The normalized spacial score (nSPS) is 13.3. The summed E-state index contributed by atoms with van der Waals surface area (Å²) in [5.74, 6) is -0.0688. The predicted octanol–water partition coefficient (Wildman–Crippen LogP) is 3.76. The molecule has 0 aliphatic rings. The van der Waals surface area contributed by atoms with Crippen LogP contribution in [0.1, 0.15) is 33.6 Å². The van der Waals surface area contributed by atoms with Crippen LogP contribution in [-0.4, -0.2) is 42.8 Å². The second-order valence-corrected chi connectivity index (χ2v) is 17.0. The Labute approximate surface area is 133 Å². The first-order valence-corrected chi connectivity index (χ1v) is 13.9. The molecule has 0 rings (SSSR count). The summed E-state index contributed by atoms with van der Waals surface area (Å²) in [5.41, 5.74) is 0. The van der Waals surface area contributed by atoms with Gasteiger partial charge in [0.15, 0.2) is 8.32 Å². The van der Waals surface area contributed by atoms with Crippen molar-refractivity contribution in [2.24, 2.45) is 0 Å². The van der Waals surface area contributed by atoms with Crippen LogP contribution in [0.25, 0.3) is 0 Å². The van der Waals surface area contributed by atoms with Crippen molar-refractivity contribution in [2.75, 3.05) is 20.2 Å². The van der Waals surface area contributed by atoms with E-state index in [2.05, 4.69) is 52.3 Å². The first kappa shape index (κ1) is 20.8. The molecular formula is C15H35NO3Si2. The molecule has 0 atom stereocenters. The molecule has 0 unspecified atom stereocenters. The molecule has 0 aliphatic carbocycles. The van der Waals surface area contributed by atoms with E-state index in [4.69, 9.17) is 8.85 Å². The van der Waals surface area contributed by atoms with Gasteiger partial charge in [-0.2, -0.15) is 0 Å². The van der Waals surface area contributed by atoms with Crippen LogP contribution >= 0.6 is 0 Å². The van der Waals surface area contributed by atoms with Crippen molar-refractivity contribution < 1.29 is 13.6 Å². The summed E-state index contributed by atoms with van der Waals surface area (Å²) in [7, 11) is -1.60. The molecule has 126 valence electrons. The van der Waals surface area contributed by atoms with E-state index in [1.807, 2.05) is 0 Å². The predicted molar refractivity (Wildman–Crippen MR) is 94.7 cm³/mol. The Morgan fingerprint density at radius 2 is 1.67 bits per heavy atom. The van der Waals surface area contributed by atoms with Crippen LogP contribution in [0.4, 0.5) is 0 Å². The third-order valence-electron chi connectivity index (χ3n) is 4.37. The first-order valence-electron chi connectivity index (χ1n) is 7.89. The number of nitrogens with one attached hydrogen (secondary N) is 1. The van der Waals surface area contributed by atoms with Crippen LogP contribution in [0.3, 0.4) is 0 Å². The third-order valence-corrected chi connectivity index (χ3v) is 11.4. The minimum absolute atomic E-state index is 0.0688. The van der Waals surface area contributed by atoms with Gasteiger partial charge in [-0.25, -0.2) is 0 Å². The second-order valence-electron chi connectivity index (χ2n) is 7.80. The summed E-state index contributed by atoms with van der Waals surface area (Å²) in [6.07, 6.45) is 1.56. The number of hydrogen-bond acceptors (Lipinski definition) is 4. The van der Waals surface area contributed by atoms with E-state index in [1.165, 1.54) is 0 Å². The summed E-state index contributed by atoms with van der Waals surface area (Å²) in [6.45, 7) is 16.7. The lowest BCUT2D eigenvalue weighted by Crippen LogP contribution is -2.43. The molecular weight excluding hydrogens is 298 g/mol. The molecule has 0 bridgehead atoms. The first-order chi connectivity index (χ1) is 9.41. The smallest absolute Gasteiger partial charge is 0.293 e. The standard InChI is InChI=1S/C15H35NO3Si2/c1-15(2,3)21(7,8)19-14(17)10-12-16-11-9-13-20(5,6)18-4/h16H,9-13H2,1-8H3. The number of rotatable bonds is 9. The number of carbonyl (C=O) groups is 1. The highest BCUT2D eigenvalue weighted by Crippen LogP contribution is 2.36. The van der Waals surface area contributed by atoms with Crippen LogP contribution in [0.15, 0.2) is 0 Å². The Morgan fingerprint density at radius 1 is 1.10 bits per heavy atom. The van der Waals surface area contributed by atoms with Gasteiger partial charge in [-0.15, -0.1) is 0 Å². The number of carbonyl (C=O) groups excluding carboxylic acids is 1. The summed E-state index contributed by atoms with van der Waals surface area (Å²) in [4.78, 5) is 11.9. The van der Waals surface area contributed by atoms with Gasteiger partial charge in [0, 0.05) is 13.7 Å². The molecule has 0 aromatic rings. The van der Waals surface area contributed by atoms with Crippen molar-refractivity contribution in [1.82, 2.24) is 5.32 Å². The maximum absolute atomic E-state index is 11.9. The lowest BCUT2D eigenvalue weighted by Gasteiger charge is -2.35. The van der Waals surface area contributed by atoms with Crippen LogP contribution in [0.5, 0.6) is 0 Å². The van der Waals surface area contributed by atoms with Gasteiger partial charge in [0.25, 0.3) is 14.3 Å². The average Bonchev–Trinajstić information content (AvgIpc) is 2.31. The number of hydrogen-bond donors (Lipinski definition) is 1. The van der Waals surface area contributed by atoms with Crippen molar-refractivity contribution in [2.45, 2.75) is 70.9 Å². The van der Waals surface area contributed by atoms with E-state index >= 15 is 0 Å². The Hall–Kier alpha value is -0.176. The van der Waals surface area contributed by atoms with Gasteiger partial charge >= 0.3 is 0 Å². The molecule has 0 aliphatic heterocycles. The Balaban J connectivity index is 3.82.